The van der Waals surface area contributed by atoms with Crippen molar-refractivity contribution in [3.05, 3.63) is 83.2 Å². The van der Waals surface area contributed by atoms with E-state index in [-0.39, 0.29) is 17.6 Å². The predicted octanol–water partition coefficient (Wildman–Crippen LogP) is 5.03. The molecular weight excluding hydrogens is 473 g/mol. The number of halogens is 3. The quantitative estimate of drug-likeness (QED) is 0.518. The number of nitrogens with one attached hydrogen (secondary N) is 1. The third-order valence-corrected chi connectivity index (χ3v) is 6.03. The number of carbonyl (C=O) groups is 1. The van der Waals surface area contributed by atoms with Crippen LogP contribution in [0.5, 0.6) is 5.75 Å². The van der Waals surface area contributed by atoms with Crippen LogP contribution < -0.4 is 15.1 Å². The molecule has 0 saturated carbocycles. The molecule has 0 bridgehead atoms. The lowest BCUT2D eigenvalue weighted by Crippen LogP contribution is -2.38. The van der Waals surface area contributed by atoms with E-state index in [1.54, 1.807) is 24.5 Å². The van der Waals surface area contributed by atoms with Crippen molar-refractivity contribution in [2.75, 3.05) is 30.1 Å². The number of ether oxygens (including phenoxy) is 2. The van der Waals surface area contributed by atoms with Gasteiger partial charge in [-0.2, -0.15) is 18.3 Å². The first-order chi connectivity index (χ1) is 17.3. The van der Waals surface area contributed by atoms with E-state index >= 15 is 0 Å². The minimum Gasteiger partial charge on any atom is -0.484 e. The summed E-state index contributed by atoms with van der Waals surface area (Å²) < 4.78 is 50.0. The van der Waals surface area contributed by atoms with Gasteiger partial charge in [0.15, 0.2) is 0 Å². The van der Waals surface area contributed by atoms with Crippen LogP contribution in [0.3, 0.4) is 0 Å². The van der Waals surface area contributed by atoms with Crippen molar-refractivity contribution in [1.82, 2.24) is 4.98 Å². The molecule has 36 heavy (non-hydrogen) atoms. The van der Waals surface area contributed by atoms with Gasteiger partial charge in [0.25, 0.3) is 5.91 Å². The average Bonchev–Trinajstić information content (AvgIpc) is 3.32. The standard InChI is InChI=1S/C26H23F3N4O3/c1-16-5-6-21(32-25(34)17-3-2-4-20(7-17)26(27,28)29)9-24(16)33-13-19(11-31-33)18-8-22(12-30-10-18)36-23-14-35-15-23/h2-12,19,23H,13-15H2,1H3,(H,32,34). The van der Waals surface area contributed by atoms with Crippen LogP contribution in [0, 0.1) is 6.92 Å². The number of carbonyl (C=O) groups excluding carboxylic acids is 1. The summed E-state index contributed by atoms with van der Waals surface area (Å²) in [5, 5.41) is 9.05. The lowest BCUT2D eigenvalue weighted by atomic mass is 10.0. The molecule has 1 N–H and O–H groups in total. The molecule has 1 atom stereocenters. The van der Waals surface area contributed by atoms with Crippen LogP contribution >= 0.6 is 0 Å². The molecule has 2 aliphatic heterocycles. The molecule has 3 heterocycles. The summed E-state index contributed by atoms with van der Waals surface area (Å²) in [7, 11) is 0. The predicted molar refractivity (Wildman–Crippen MR) is 129 cm³/mol. The van der Waals surface area contributed by atoms with E-state index < -0.39 is 17.6 Å². The highest BCUT2D eigenvalue weighted by Gasteiger charge is 2.31. The first kappa shape index (κ1) is 23.8. The van der Waals surface area contributed by atoms with Gasteiger partial charge in [-0.25, -0.2) is 0 Å². The number of amides is 1. The Kier molecular flexibility index (Phi) is 6.36. The molecule has 10 heteroatoms. The van der Waals surface area contributed by atoms with Crippen LogP contribution in [0.2, 0.25) is 0 Å². The van der Waals surface area contributed by atoms with Crippen molar-refractivity contribution in [3.63, 3.8) is 0 Å². The number of rotatable bonds is 6. The molecule has 1 aromatic heterocycles. The Balaban J connectivity index is 1.28. The molecule has 3 aromatic rings. The maximum absolute atomic E-state index is 13.0. The monoisotopic (exact) mass is 496 g/mol. The molecule has 0 radical (unpaired) electrons. The van der Waals surface area contributed by atoms with Gasteiger partial charge >= 0.3 is 6.18 Å². The van der Waals surface area contributed by atoms with Crippen LogP contribution in [-0.4, -0.2) is 43.0 Å². The van der Waals surface area contributed by atoms with Crippen molar-refractivity contribution in [1.29, 1.82) is 0 Å². The van der Waals surface area contributed by atoms with Crippen LogP contribution in [-0.2, 0) is 10.9 Å². The van der Waals surface area contributed by atoms with E-state index in [1.165, 1.54) is 12.1 Å². The van der Waals surface area contributed by atoms with E-state index in [0.717, 1.165) is 28.9 Å². The van der Waals surface area contributed by atoms with Crippen LogP contribution in [0.4, 0.5) is 24.5 Å². The summed E-state index contributed by atoms with van der Waals surface area (Å²) in [4.78, 5) is 16.9. The maximum Gasteiger partial charge on any atom is 0.416 e. The second kappa shape index (κ2) is 9.62. The summed E-state index contributed by atoms with van der Waals surface area (Å²) in [6.07, 6.45) is 0.813. The van der Waals surface area contributed by atoms with Gasteiger partial charge in [-0.3, -0.25) is 14.8 Å². The Hall–Kier alpha value is -3.92. The number of aryl methyl sites for hydroxylation is 1. The fraction of sp³-hybridized carbons (Fsp3) is 0.269. The number of hydrazone groups is 1. The van der Waals surface area contributed by atoms with Gasteiger partial charge in [0.05, 0.1) is 37.2 Å². The summed E-state index contributed by atoms with van der Waals surface area (Å²) >= 11 is 0. The van der Waals surface area contributed by atoms with Crippen molar-refractivity contribution < 1.29 is 27.4 Å². The van der Waals surface area contributed by atoms with Gasteiger partial charge in [-0.05, 0) is 54.4 Å². The van der Waals surface area contributed by atoms with Gasteiger partial charge in [0, 0.05) is 29.6 Å². The highest BCUT2D eigenvalue weighted by atomic mass is 19.4. The van der Waals surface area contributed by atoms with Crippen LogP contribution in [0.1, 0.15) is 33.0 Å². The molecule has 1 unspecified atom stereocenters. The Bertz CT molecular complexity index is 1310. The maximum atomic E-state index is 13.0. The van der Waals surface area contributed by atoms with Gasteiger partial charge in [0.2, 0.25) is 0 Å². The molecule has 1 fully saturated rings. The number of benzene rings is 2. The van der Waals surface area contributed by atoms with E-state index in [0.29, 0.717) is 31.2 Å². The third-order valence-electron chi connectivity index (χ3n) is 6.03. The number of aromatic nitrogens is 1. The van der Waals surface area contributed by atoms with Gasteiger partial charge in [0.1, 0.15) is 11.9 Å². The number of nitrogens with zero attached hydrogens (tertiary/aromatic N) is 3. The largest absolute Gasteiger partial charge is 0.484 e. The summed E-state index contributed by atoms with van der Waals surface area (Å²) in [5.74, 6) is 0.0445. The minimum absolute atomic E-state index is 0.0125. The molecule has 186 valence electrons. The number of hydrogen-bond donors (Lipinski definition) is 1. The van der Waals surface area contributed by atoms with E-state index in [2.05, 4.69) is 15.4 Å². The first-order valence-electron chi connectivity index (χ1n) is 11.4. The number of anilines is 2. The molecule has 7 nitrogen and oxygen atoms in total. The van der Waals surface area contributed by atoms with Gasteiger partial charge in [-0.15, -0.1) is 0 Å². The second-order valence-electron chi connectivity index (χ2n) is 8.72. The van der Waals surface area contributed by atoms with Crippen molar-refractivity contribution in [2.24, 2.45) is 5.10 Å². The molecule has 2 aliphatic rings. The minimum atomic E-state index is -4.52. The van der Waals surface area contributed by atoms with E-state index in [4.69, 9.17) is 9.47 Å². The molecule has 0 spiro atoms. The first-order valence-corrected chi connectivity index (χ1v) is 11.4. The van der Waals surface area contributed by atoms with Gasteiger partial charge < -0.3 is 14.8 Å². The van der Waals surface area contributed by atoms with Crippen molar-refractivity contribution >= 4 is 23.5 Å². The van der Waals surface area contributed by atoms with Crippen LogP contribution in [0.15, 0.2) is 66.0 Å². The van der Waals surface area contributed by atoms with Gasteiger partial charge in [-0.1, -0.05) is 12.1 Å². The number of alkyl halides is 3. The number of hydrogen-bond acceptors (Lipinski definition) is 6. The lowest BCUT2D eigenvalue weighted by Gasteiger charge is -2.26. The lowest BCUT2D eigenvalue weighted by molar-refractivity contribution is -0.137. The molecular formula is C26H23F3N4O3. The van der Waals surface area contributed by atoms with Crippen molar-refractivity contribution in [3.8, 4) is 5.75 Å². The topological polar surface area (TPSA) is 76.1 Å². The number of pyridine rings is 1. The van der Waals surface area contributed by atoms with Crippen molar-refractivity contribution in [2.45, 2.75) is 25.1 Å². The Labute approximate surface area is 205 Å². The van der Waals surface area contributed by atoms with E-state index in [9.17, 15) is 18.0 Å². The fourth-order valence-electron chi connectivity index (χ4n) is 3.98. The normalized spacial score (nSPS) is 17.7. The zero-order valence-corrected chi connectivity index (χ0v) is 19.3. The summed E-state index contributed by atoms with van der Waals surface area (Å²) in [6.45, 7) is 3.63. The molecule has 2 aromatic carbocycles. The SMILES string of the molecule is Cc1ccc(NC(=O)c2cccc(C(F)(F)F)c2)cc1N1CC(c2cncc(OC3COC3)c2)C=N1. The Morgan fingerprint density at radius 1 is 1.14 bits per heavy atom. The Morgan fingerprint density at radius 2 is 1.97 bits per heavy atom. The average molecular weight is 496 g/mol. The van der Waals surface area contributed by atoms with E-state index in [1.807, 2.05) is 30.3 Å². The highest BCUT2D eigenvalue weighted by molar-refractivity contribution is 6.04. The highest BCUT2D eigenvalue weighted by Crippen LogP contribution is 2.32. The molecule has 1 saturated heterocycles. The summed E-state index contributed by atoms with van der Waals surface area (Å²) in [6, 6.07) is 11.6. The zero-order valence-electron chi connectivity index (χ0n) is 19.3. The third kappa shape index (κ3) is 5.18. The Morgan fingerprint density at radius 3 is 2.72 bits per heavy atom. The fourth-order valence-corrected chi connectivity index (χ4v) is 3.98. The summed E-state index contributed by atoms with van der Waals surface area (Å²) in [5.41, 5.74) is 2.19. The zero-order chi connectivity index (χ0) is 25.3. The second-order valence-corrected chi connectivity index (χ2v) is 8.72. The smallest absolute Gasteiger partial charge is 0.416 e. The molecule has 0 aliphatic carbocycles. The molecule has 5 rings (SSSR count). The molecule has 1 amide bonds. The van der Waals surface area contributed by atoms with Crippen LogP contribution in [0.25, 0.3) is 0 Å².